The van der Waals surface area contributed by atoms with E-state index in [4.69, 9.17) is 0 Å². The van der Waals surface area contributed by atoms with Gasteiger partial charge in [0.15, 0.2) is 0 Å². The number of sulfonamides is 1. The quantitative estimate of drug-likeness (QED) is 0.666. The third kappa shape index (κ3) is 4.79. The highest BCUT2D eigenvalue weighted by Crippen LogP contribution is 2.31. The molecular weight excluding hydrogens is 374 g/mol. The monoisotopic (exact) mass is 401 g/mol. The summed E-state index contributed by atoms with van der Waals surface area (Å²) >= 11 is 0. The van der Waals surface area contributed by atoms with Crippen LogP contribution in [0.25, 0.3) is 0 Å². The van der Waals surface area contributed by atoms with Crippen LogP contribution in [0.5, 0.6) is 0 Å². The first-order valence-corrected chi connectivity index (χ1v) is 11.0. The van der Waals surface area contributed by atoms with Crippen LogP contribution in [0.4, 0.5) is 5.69 Å². The molecule has 6 nitrogen and oxygen atoms in total. The van der Waals surface area contributed by atoms with Gasteiger partial charge in [0.2, 0.25) is 15.9 Å². The molecule has 0 bridgehead atoms. The lowest BCUT2D eigenvalue weighted by Gasteiger charge is -2.20. The van der Waals surface area contributed by atoms with E-state index < -0.39 is 10.0 Å². The predicted octanol–water partition coefficient (Wildman–Crippen LogP) is 2.98. The molecular formula is C21H27N3O3S. The average molecular weight is 402 g/mol. The Labute approximate surface area is 166 Å². The standard InChI is InChI=1S/C21H27N3O3S/c1-14(2)24-28(26,27)18-11-9-17(10-12-18)23-21(25)15(3)22-20-13-8-16-6-4-5-7-19(16)20/h4-7,9-12,14-15,20,22,24H,8,13H2,1-3H3,(H,23,25)/t15-,20-/m0/s1. The minimum absolute atomic E-state index is 0.153. The van der Waals surface area contributed by atoms with Crippen molar-refractivity contribution in [3.63, 3.8) is 0 Å². The van der Waals surface area contributed by atoms with E-state index in [1.807, 2.05) is 19.1 Å². The summed E-state index contributed by atoms with van der Waals surface area (Å²) in [7, 11) is -3.54. The highest BCUT2D eigenvalue weighted by molar-refractivity contribution is 7.89. The molecule has 0 fully saturated rings. The van der Waals surface area contributed by atoms with E-state index in [1.165, 1.54) is 23.3 Å². The Balaban J connectivity index is 1.60. The first kappa shape index (κ1) is 20.5. The third-order valence-electron chi connectivity index (χ3n) is 4.80. The van der Waals surface area contributed by atoms with Gasteiger partial charge in [-0.25, -0.2) is 13.1 Å². The van der Waals surface area contributed by atoms with Crippen molar-refractivity contribution in [1.82, 2.24) is 10.0 Å². The van der Waals surface area contributed by atoms with Gasteiger partial charge in [-0.3, -0.25) is 10.1 Å². The van der Waals surface area contributed by atoms with Gasteiger partial charge < -0.3 is 5.32 Å². The van der Waals surface area contributed by atoms with Crippen LogP contribution in [0.1, 0.15) is 44.4 Å². The Morgan fingerprint density at radius 1 is 1.04 bits per heavy atom. The molecule has 0 unspecified atom stereocenters. The zero-order chi connectivity index (χ0) is 20.3. The lowest BCUT2D eigenvalue weighted by Crippen LogP contribution is -2.39. The van der Waals surface area contributed by atoms with Crippen LogP contribution in [0.2, 0.25) is 0 Å². The molecule has 7 heteroatoms. The molecule has 28 heavy (non-hydrogen) atoms. The van der Waals surface area contributed by atoms with Crippen molar-refractivity contribution in [3.05, 3.63) is 59.7 Å². The second kappa shape index (κ2) is 8.43. The van der Waals surface area contributed by atoms with Crippen LogP contribution >= 0.6 is 0 Å². The van der Waals surface area contributed by atoms with Crippen molar-refractivity contribution in [3.8, 4) is 0 Å². The van der Waals surface area contributed by atoms with Gasteiger partial charge in [0.1, 0.15) is 0 Å². The summed E-state index contributed by atoms with van der Waals surface area (Å²) in [5, 5.41) is 6.24. The van der Waals surface area contributed by atoms with Gasteiger partial charge in [0.25, 0.3) is 0 Å². The normalized spacial score (nSPS) is 17.4. The topological polar surface area (TPSA) is 87.3 Å². The fraction of sp³-hybridized carbons (Fsp3) is 0.381. The predicted molar refractivity (Wildman–Crippen MR) is 111 cm³/mol. The number of anilines is 1. The Kier molecular flexibility index (Phi) is 6.17. The van der Waals surface area contributed by atoms with Gasteiger partial charge in [-0.05, 0) is 69.0 Å². The molecule has 1 amide bonds. The van der Waals surface area contributed by atoms with Gasteiger partial charge in [0, 0.05) is 17.8 Å². The van der Waals surface area contributed by atoms with Crippen molar-refractivity contribution in [2.24, 2.45) is 0 Å². The van der Waals surface area contributed by atoms with E-state index >= 15 is 0 Å². The largest absolute Gasteiger partial charge is 0.325 e. The fourth-order valence-electron chi connectivity index (χ4n) is 3.45. The van der Waals surface area contributed by atoms with Crippen LogP contribution in [0, 0.1) is 0 Å². The molecule has 0 saturated carbocycles. The summed E-state index contributed by atoms with van der Waals surface area (Å²) in [6.45, 7) is 5.37. The number of benzene rings is 2. The van der Waals surface area contributed by atoms with Crippen LogP contribution in [-0.2, 0) is 21.2 Å². The molecule has 150 valence electrons. The molecule has 2 aromatic rings. The van der Waals surface area contributed by atoms with Crippen molar-refractivity contribution >= 4 is 21.6 Å². The summed E-state index contributed by atoms with van der Waals surface area (Å²) in [6.07, 6.45) is 1.99. The van der Waals surface area contributed by atoms with Crippen molar-refractivity contribution in [2.75, 3.05) is 5.32 Å². The number of nitrogens with one attached hydrogen (secondary N) is 3. The molecule has 3 N–H and O–H groups in total. The summed E-state index contributed by atoms with van der Waals surface area (Å²) in [6, 6.07) is 14.1. The number of amides is 1. The lowest BCUT2D eigenvalue weighted by atomic mass is 10.1. The van der Waals surface area contributed by atoms with E-state index in [0.29, 0.717) is 5.69 Å². The van der Waals surface area contributed by atoms with Crippen molar-refractivity contribution in [1.29, 1.82) is 0 Å². The molecule has 2 aromatic carbocycles. The van der Waals surface area contributed by atoms with Gasteiger partial charge in [0.05, 0.1) is 10.9 Å². The highest BCUT2D eigenvalue weighted by Gasteiger charge is 2.25. The minimum atomic E-state index is -3.54. The number of carbonyl (C=O) groups excluding carboxylic acids is 1. The van der Waals surface area contributed by atoms with Crippen LogP contribution in [0.15, 0.2) is 53.4 Å². The summed E-state index contributed by atoms with van der Waals surface area (Å²) in [4.78, 5) is 12.7. The molecule has 0 heterocycles. The average Bonchev–Trinajstić information content (AvgIpc) is 3.04. The number of rotatable bonds is 7. The van der Waals surface area contributed by atoms with Crippen molar-refractivity contribution in [2.45, 2.75) is 56.6 Å². The Morgan fingerprint density at radius 3 is 2.39 bits per heavy atom. The van der Waals surface area contributed by atoms with Gasteiger partial charge >= 0.3 is 0 Å². The highest BCUT2D eigenvalue weighted by atomic mass is 32.2. The van der Waals surface area contributed by atoms with Crippen LogP contribution in [-0.4, -0.2) is 26.4 Å². The van der Waals surface area contributed by atoms with E-state index in [-0.39, 0.29) is 28.9 Å². The molecule has 0 radical (unpaired) electrons. The molecule has 0 aliphatic heterocycles. The van der Waals surface area contributed by atoms with Gasteiger partial charge in [-0.1, -0.05) is 24.3 Å². The zero-order valence-electron chi connectivity index (χ0n) is 16.4. The maximum Gasteiger partial charge on any atom is 0.241 e. The molecule has 1 aliphatic rings. The first-order chi connectivity index (χ1) is 13.3. The Morgan fingerprint density at radius 2 is 1.71 bits per heavy atom. The molecule has 2 atom stereocenters. The number of aryl methyl sites for hydroxylation is 1. The van der Waals surface area contributed by atoms with E-state index in [2.05, 4.69) is 27.5 Å². The molecule has 0 saturated heterocycles. The Bertz CT molecular complexity index is 940. The summed E-state index contributed by atoms with van der Waals surface area (Å²) < 4.78 is 26.9. The minimum Gasteiger partial charge on any atom is -0.325 e. The maximum absolute atomic E-state index is 12.5. The maximum atomic E-state index is 12.5. The van der Waals surface area contributed by atoms with E-state index in [1.54, 1.807) is 26.0 Å². The second-order valence-electron chi connectivity index (χ2n) is 7.47. The SMILES string of the molecule is CC(C)NS(=O)(=O)c1ccc(NC(=O)[C@H](C)N[C@H]2CCc3ccccc32)cc1. The van der Waals surface area contributed by atoms with E-state index in [9.17, 15) is 13.2 Å². The lowest BCUT2D eigenvalue weighted by molar-refractivity contribution is -0.118. The number of hydrogen-bond donors (Lipinski definition) is 3. The smallest absolute Gasteiger partial charge is 0.241 e. The van der Waals surface area contributed by atoms with Crippen LogP contribution in [0.3, 0.4) is 0 Å². The molecule has 3 rings (SSSR count). The van der Waals surface area contributed by atoms with Crippen molar-refractivity contribution < 1.29 is 13.2 Å². The number of carbonyl (C=O) groups is 1. The fourth-order valence-corrected chi connectivity index (χ4v) is 4.71. The molecule has 0 aromatic heterocycles. The Hall–Kier alpha value is -2.22. The van der Waals surface area contributed by atoms with Crippen LogP contribution < -0.4 is 15.4 Å². The van der Waals surface area contributed by atoms with Gasteiger partial charge in [-0.15, -0.1) is 0 Å². The molecule has 0 spiro atoms. The summed E-state index contributed by atoms with van der Waals surface area (Å²) in [5.74, 6) is -0.153. The third-order valence-corrected chi connectivity index (χ3v) is 6.47. The summed E-state index contributed by atoms with van der Waals surface area (Å²) in [5.41, 5.74) is 3.16. The number of hydrogen-bond acceptors (Lipinski definition) is 4. The first-order valence-electron chi connectivity index (χ1n) is 9.53. The zero-order valence-corrected chi connectivity index (χ0v) is 17.2. The van der Waals surface area contributed by atoms with Gasteiger partial charge in [-0.2, -0.15) is 0 Å². The van der Waals surface area contributed by atoms with E-state index in [0.717, 1.165) is 12.8 Å². The number of fused-ring (bicyclic) bond motifs is 1. The molecule has 1 aliphatic carbocycles. The second-order valence-corrected chi connectivity index (χ2v) is 9.18.